The first-order valence-electron chi connectivity index (χ1n) is 9.59. The van der Waals surface area contributed by atoms with E-state index in [0.29, 0.717) is 17.2 Å². The van der Waals surface area contributed by atoms with Gasteiger partial charge in [0.05, 0.1) is 15.7 Å². The minimum absolute atomic E-state index is 0.0333. The Morgan fingerprint density at radius 3 is 1.92 bits per heavy atom. The van der Waals surface area contributed by atoms with Crippen LogP contribution >= 0.6 is 11.3 Å². The molecule has 0 amide bonds. The second-order valence-electron chi connectivity index (χ2n) is 8.71. The Balaban J connectivity index is 1.53. The van der Waals surface area contributed by atoms with Crippen LogP contribution in [0.25, 0.3) is 0 Å². The molecule has 1 aromatic rings. The summed E-state index contributed by atoms with van der Waals surface area (Å²) >= 11 is 1.29. The number of carbonyl (C=O) groups is 2. The first-order valence-corrected chi connectivity index (χ1v) is 10.4. The average Bonchev–Trinajstić information content (AvgIpc) is 3.18. The number of halogens is 3. The lowest BCUT2D eigenvalue weighted by molar-refractivity contribution is -0.184. The molecule has 5 rings (SSSR count). The van der Waals surface area contributed by atoms with Crippen LogP contribution in [0.15, 0.2) is 0 Å². The molecule has 2 fully saturated rings. The SMILES string of the molecule is CC1CCC2c3c(sc4c3C3CCC(C(F)(F)F)CC3C4=O)C(=O)C2C1. The van der Waals surface area contributed by atoms with Crippen molar-refractivity contribution in [3.8, 4) is 0 Å². The van der Waals surface area contributed by atoms with E-state index in [-0.39, 0.29) is 42.2 Å². The van der Waals surface area contributed by atoms with Crippen LogP contribution in [0.4, 0.5) is 13.2 Å². The maximum absolute atomic E-state index is 13.2. The molecule has 1 aromatic heterocycles. The third-order valence-electron chi connectivity index (χ3n) is 7.27. The number of alkyl halides is 3. The maximum Gasteiger partial charge on any atom is 0.391 e. The summed E-state index contributed by atoms with van der Waals surface area (Å²) in [4.78, 5) is 27.1. The van der Waals surface area contributed by atoms with Crippen LogP contribution in [0.5, 0.6) is 0 Å². The Kier molecular flexibility index (Phi) is 3.54. The quantitative estimate of drug-likeness (QED) is 0.575. The minimum atomic E-state index is -4.22. The Morgan fingerprint density at radius 1 is 0.808 bits per heavy atom. The number of carbonyl (C=O) groups excluding carboxylic acids is 2. The second kappa shape index (κ2) is 5.43. The molecule has 1 heterocycles. The van der Waals surface area contributed by atoms with Crippen molar-refractivity contribution in [3.05, 3.63) is 20.9 Å². The third-order valence-corrected chi connectivity index (χ3v) is 8.52. The lowest BCUT2D eigenvalue weighted by Crippen LogP contribution is -2.33. The molecule has 6 heteroatoms. The third kappa shape index (κ3) is 2.17. The van der Waals surface area contributed by atoms with Gasteiger partial charge in [0.2, 0.25) is 0 Å². The molecular formula is C20H21F3O2S. The summed E-state index contributed by atoms with van der Waals surface area (Å²) in [5.41, 5.74) is 2.05. The van der Waals surface area contributed by atoms with Crippen LogP contribution in [0.3, 0.4) is 0 Å². The monoisotopic (exact) mass is 382 g/mol. The fourth-order valence-electron chi connectivity index (χ4n) is 6.02. The van der Waals surface area contributed by atoms with Gasteiger partial charge in [-0.3, -0.25) is 9.59 Å². The largest absolute Gasteiger partial charge is 0.391 e. The van der Waals surface area contributed by atoms with E-state index >= 15 is 0 Å². The van der Waals surface area contributed by atoms with Gasteiger partial charge in [-0.1, -0.05) is 13.3 Å². The van der Waals surface area contributed by atoms with Gasteiger partial charge < -0.3 is 0 Å². The van der Waals surface area contributed by atoms with Crippen molar-refractivity contribution in [2.24, 2.45) is 23.7 Å². The molecule has 26 heavy (non-hydrogen) atoms. The zero-order chi connectivity index (χ0) is 18.4. The summed E-state index contributed by atoms with van der Waals surface area (Å²) in [7, 11) is 0. The second-order valence-corrected chi connectivity index (χ2v) is 9.73. The highest BCUT2D eigenvalue weighted by atomic mass is 32.1. The molecule has 4 aliphatic rings. The average molecular weight is 382 g/mol. The van der Waals surface area contributed by atoms with E-state index in [9.17, 15) is 22.8 Å². The Hall–Kier alpha value is -1.17. The highest BCUT2D eigenvalue weighted by Gasteiger charge is 2.55. The highest BCUT2D eigenvalue weighted by Crippen LogP contribution is 2.60. The smallest absolute Gasteiger partial charge is 0.293 e. The molecule has 2 nitrogen and oxygen atoms in total. The molecule has 0 N–H and O–H groups in total. The molecule has 0 aliphatic heterocycles. The Bertz CT molecular complexity index is 809. The molecule has 6 atom stereocenters. The van der Waals surface area contributed by atoms with E-state index in [0.717, 1.165) is 35.3 Å². The predicted octanol–water partition coefficient (Wildman–Crippen LogP) is 5.72. The van der Waals surface area contributed by atoms with Crippen molar-refractivity contribution in [2.45, 2.75) is 63.5 Å². The topological polar surface area (TPSA) is 34.1 Å². The van der Waals surface area contributed by atoms with Gasteiger partial charge >= 0.3 is 6.18 Å². The normalized spacial score (nSPS) is 38.8. The Morgan fingerprint density at radius 2 is 1.35 bits per heavy atom. The predicted molar refractivity (Wildman–Crippen MR) is 91.9 cm³/mol. The van der Waals surface area contributed by atoms with Crippen molar-refractivity contribution >= 4 is 22.9 Å². The van der Waals surface area contributed by atoms with Crippen molar-refractivity contribution in [2.75, 3.05) is 0 Å². The molecule has 0 spiro atoms. The maximum atomic E-state index is 13.2. The molecular weight excluding hydrogens is 361 g/mol. The highest BCUT2D eigenvalue weighted by molar-refractivity contribution is 7.16. The standard InChI is InChI=1S/C20H21F3O2S/c1-8-2-4-10-12(6-8)16(24)18-14(10)15-11-5-3-9(20(21,22)23)7-13(11)17(25)19(15)26-18/h8-13H,2-7H2,1H3. The molecule has 6 unspecified atom stereocenters. The van der Waals surface area contributed by atoms with E-state index in [1.54, 1.807) is 0 Å². The molecule has 0 bridgehead atoms. The molecule has 0 aromatic carbocycles. The molecule has 0 saturated heterocycles. The van der Waals surface area contributed by atoms with Crippen molar-refractivity contribution in [1.82, 2.24) is 0 Å². The van der Waals surface area contributed by atoms with E-state index in [1.165, 1.54) is 11.3 Å². The van der Waals surface area contributed by atoms with Crippen molar-refractivity contribution < 1.29 is 22.8 Å². The summed E-state index contributed by atoms with van der Waals surface area (Å²) in [6, 6.07) is 0. The van der Waals surface area contributed by atoms with Gasteiger partial charge in [0.1, 0.15) is 0 Å². The van der Waals surface area contributed by atoms with Gasteiger partial charge in [-0.2, -0.15) is 13.2 Å². The first kappa shape index (κ1) is 17.0. The van der Waals surface area contributed by atoms with Crippen LogP contribution in [0, 0.1) is 23.7 Å². The fourth-order valence-corrected chi connectivity index (χ4v) is 7.47. The fraction of sp³-hybridized carbons (Fsp3) is 0.700. The number of rotatable bonds is 0. The summed E-state index contributed by atoms with van der Waals surface area (Å²) < 4.78 is 39.5. The number of hydrogen-bond donors (Lipinski definition) is 0. The van der Waals surface area contributed by atoms with E-state index in [1.807, 2.05) is 0 Å². The van der Waals surface area contributed by atoms with E-state index < -0.39 is 18.0 Å². The van der Waals surface area contributed by atoms with Gasteiger partial charge in [0.25, 0.3) is 0 Å². The number of fused-ring (bicyclic) bond motifs is 7. The van der Waals surface area contributed by atoms with E-state index in [2.05, 4.69) is 6.92 Å². The van der Waals surface area contributed by atoms with Crippen LogP contribution in [-0.2, 0) is 0 Å². The molecule has 0 radical (unpaired) electrons. The van der Waals surface area contributed by atoms with Gasteiger partial charge in [-0.05, 0) is 61.0 Å². The van der Waals surface area contributed by atoms with E-state index in [4.69, 9.17) is 0 Å². The molecule has 2 saturated carbocycles. The van der Waals surface area contributed by atoms with Crippen molar-refractivity contribution in [3.63, 3.8) is 0 Å². The molecule has 4 aliphatic carbocycles. The number of thiophene rings is 1. The first-order chi connectivity index (χ1) is 12.3. The zero-order valence-corrected chi connectivity index (χ0v) is 15.4. The van der Waals surface area contributed by atoms with Crippen LogP contribution in [-0.4, -0.2) is 17.7 Å². The van der Waals surface area contributed by atoms with Gasteiger partial charge in [-0.25, -0.2) is 0 Å². The number of ketones is 2. The Labute approximate surface area is 154 Å². The van der Waals surface area contributed by atoms with Crippen LogP contribution in [0.2, 0.25) is 0 Å². The summed E-state index contributed by atoms with van der Waals surface area (Å²) in [6.07, 6.45) is -0.842. The summed E-state index contributed by atoms with van der Waals surface area (Å²) in [5.74, 6) is -1.16. The zero-order valence-electron chi connectivity index (χ0n) is 14.6. The minimum Gasteiger partial charge on any atom is -0.293 e. The van der Waals surface area contributed by atoms with Crippen LogP contribution < -0.4 is 0 Å². The van der Waals surface area contributed by atoms with Crippen molar-refractivity contribution in [1.29, 1.82) is 0 Å². The lowest BCUT2D eigenvalue weighted by Gasteiger charge is -2.34. The number of hydrogen-bond acceptors (Lipinski definition) is 3. The molecule has 140 valence electrons. The van der Waals surface area contributed by atoms with Crippen LogP contribution in [0.1, 0.15) is 87.8 Å². The lowest BCUT2D eigenvalue weighted by atomic mass is 9.70. The number of Topliss-reactive ketones (excluding diaryl/α,β-unsaturated/α-hetero) is 2. The van der Waals surface area contributed by atoms with Gasteiger partial charge in [-0.15, -0.1) is 11.3 Å². The summed E-state index contributed by atoms with van der Waals surface area (Å²) in [5, 5.41) is 0. The van der Waals surface area contributed by atoms with Gasteiger partial charge in [0.15, 0.2) is 11.6 Å². The summed E-state index contributed by atoms with van der Waals surface area (Å²) in [6.45, 7) is 2.18. The van der Waals surface area contributed by atoms with Gasteiger partial charge in [0, 0.05) is 11.8 Å².